The van der Waals surface area contributed by atoms with E-state index in [2.05, 4.69) is 12.2 Å². The second kappa shape index (κ2) is 15.3. The molecule has 0 aliphatic heterocycles. The summed E-state index contributed by atoms with van der Waals surface area (Å²) in [5, 5.41) is 21.7. The quantitative estimate of drug-likeness (QED) is 0.405. The summed E-state index contributed by atoms with van der Waals surface area (Å²) < 4.78 is 0. The molecule has 0 heterocycles. The van der Waals surface area contributed by atoms with E-state index in [1.807, 2.05) is 0 Å². The molecule has 0 bridgehead atoms. The van der Waals surface area contributed by atoms with Crippen LogP contribution in [0.4, 0.5) is 0 Å². The monoisotopic (exact) mass is 315 g/mol. The third kappa shape index (κ3) is 13.1. The summed E-state index contributed by atoms with van der Waals surface area (Å²) in [6, 6.07) is -0.527. The lowest BCUT2D eigenvalue weighted by atomic mass is 10.0. The van der Waals surface area contributed by atoms with Crippen LogP contribution in [0, 0.1) is 0 Å². The van der Waals surface area contributed by atoms with Crippen LogP contribution in [0.25, 0.3) is 0 Å². The lowest BCUT2D eigenvalue weighted by molar-refractivity contribution is -0.121. The van der Waals surface area contributed by atoms with Crippen molar-refractivity contribution in [3.05, 3.63) is 0 Å². The fourth-order valence-electron chi connectivity index (χ4n) is 2.74. The van der Waals surface area contributed by atoms with E-state index in [0.29, 0.717) is 6.42 Å². The molecule has 0 rings (SSSR count). The Hall–Kier alpha value is -0.610. The highest BCUT2D eigenvalue weighted by Crippen LogP contribution is 2.13. The summed E-state index contributed by atoms with van der Waals surface area (Å²) in [6.07, 6.45) is 14.0. The molecule has 0 radical (unpaired) electrons. The maximum atomic E-state index is 10.9. The third-order valence-corrected chi connectivity index (χ3v) is 4.15. The molecular formula is C18H37NO3. The highest BCUT2D eigenvalue weighted by Gasteiger charge is 2.18. The van der Waals surface area contributed by atoms with Gasteiger partial charge in [0.1, 0.15) is 0 Å². The number of carbonyl (C=O) groups excluding carboxylic acids is 1. The molecule has 3 N–H and O–H groups in total. The SMILES string of the molecule is CCCCCCCCCCCCCC(O)C(CO)NC(C)=O. The van der Waals surface area contributed by atoms with E-state index in [-0.39, 0.29) is 12.5 Å². The van der Waals surface area contributed by atoms with E-state index in [1.165, 1.54) is 64.7 Å². The van der Waals surface area contributed by atoms with Crippen LogP contribution in [0.2, 0.25) is 0 Å². The number of unbranched alkanes of at least 4 members (excludes halogenated alkanes) is 10. The summed E-state index contributed by atoms with van der Waals surface area (Å²) in [4.78, 5) is 10.9. The molecule has 0 saturated heterocycles. The molecule has 0 aromatic heterocycles. The van der Waals surface area contributed by atoms with Crippen LogP contribution >= 0.6 is 0 Å². The van der Waals surface area contributed by atoms with Crippen LogP contribution in [0.1, 0.15) is 90.9 Å². The number of aliphatic hydroxyl groups excluding tert-OH is 2. The second-order valence-corrected chi connectivity index (χ2v) is 6.38. The summed E-state index contributed by atoms with van der Waals surface area (Å²) in [5.41, 5.74) is 0. The van der Waals surface area contributed by atoms with Crippen molar-refractivity contribution < 1.29 is 15.0 Å². The molecule has 0 aliphatic carbocycles. The first-order chi connectivity index (χ1) is 10.6. The van der Waals surface area contributed by atoms with Gasteiger partial charge in [0.2, 0.25) is 5.91 Å². The Bertz CT molecular complexity index is 259. The molecular weight excluding hydrogens is 278 g/mol. The first-order valence-corrected chi connectivity index (χ1v) is 9.17. The van der Waals surface area contributed by atoms with Crippen molar-refractivity contribution in [3.63, 3.8) is 0 Å². The summed E-state index contributed by atoms with van der Waals surface area (Å²) >= 11 is 0. The van der Waals surface area contributed by atoms with Gasteiger partial charge in [-0.3, -0.25) is 4.79 Å². The van der Waals surface area contributed by atoms with Crippen molar-refractivity contribution in [2.45, 2.75) is 103 Å². The van der Waals surface area contributed by atoms with Gasteiger partial charge < -0.3 is 15.5 Å². The van der Waals surface area contributed by atoms with Crippen LogP contribution in [0.15, 0.2) is 0 Å². The Labute approximate surface area is 136 Å². The van der Waals surface area contributed by atoms with Gasteiger partial charge in [-0.25, -0.2) is 0 Å². The van der Waals surface area contributed by atoms with E-state index in [9.17, 15) is 9.90 Å². The van der Waals surface area contributed by atoms with Crippen molar-refractivity contribution in [3.8, 4) is 0 Å². The van der Waals surface area contributed by atoms with Gasteiger partial charge >= 0.3 is 0 Å². The van der Waals surface area contributed by atoms with Gasteiger partial charge in [-0.2, -0.15) is 0 Å². The van der Waals surface area contributed by atoms with Gasteiger partial charge in [0.05, 0.1) is 18.8 Å². The van der Waals surface area contributed by atoms with Gasteiger partial charge in [-0.05, 0) is 6.42 Å². The zero-order valence-corrected chi connectivity index (χ0v) is 14.6. The minimum absolute atomic E-state index is 0.210. The van der Waals surface area contributed by atoms with Crippen LogP contribution in [0.5, 0.6) is 0 Å². The van der Waals surface area contributed by atoms with Crippen molar-refractivity contribution >= 4 is 5.91 Å². The molecule has 0 fully saturated rings. The largest absolute Gasteiger partial charge is 0.394 e. The number of hydrogen-bond donors (Lipinski definition) is 3. The van der Waals surface area contributed by atoms with E-state index in [0.717, 1.165) is 12.8 Å². The average Bonchev–Trinajstić information content (AvgIpc) is 2.49. The standard InChI is InChI=1S/C18H37NO3/c1-3-4-5-6-7-8-9-10-11-12-13-14-18(22)17(15-20)19-16(2)21/h17-18,20,22H,3-15H2,1-2H3,(H,19,21). The average molecular weight is 315 g/mol. The number of nitrogens with one attached hydrogen (secondary N) is 1. The number of amides is 1. The first-order valence-electron chi connectivity index (χ1n) is 9.17. The zero-order valence-electron chi connectivity index (χ0n) is 14.6. The number of carbonyl (C=O) groups is 1. The van der Waals surface area contributed by atoms with Crippen molar-refractivity contribution in [2.75, 3.05) is 6.61 Å². The van der Waals surface area contributed by atoms with E-state index >= 15 is 0 Å². The lowest BCUT2D eigenvalue weighted by Crippen LogP contribution is -2.44. The third-order valence-electron chi connectivity index (χ3n) is 4.15. The highest BCUT2D eigenvalue weighted by atomic mass is 16.3. The minimum Gasteiger partial charge on any atom is -0.394 e. The van der Waals surface area contributed by atoms with Gasteiger partial charge in [0, 0.05) is 6.92 Å². The lowest BCUT2D eigenvalue weighted by Gasteiger charge is -2.21. The highest BCUT2D eigenvalue weighted by molar-refractivity contribution is 5.73. The fourth-order valence-corrected chi connectivity index (χ4v) is 2.74. The van der Waals surface area contributed by atoms with Gasteiger partial charge in [0.25, 0.3) is 0 Å². The molecule has 0 aromatic rings. The van der Waals surface area contributed by atoms with Gasteiger partial charge in [-0.15, -0.1) is 0 Å². The first kappa shape index (κ1) is 21.4. The van der Waals surface area contributed by atoms with E-state index < -0.39 is 12.1 Å². The Morgan fingerprint density at radius 3 is 1.77 bits per heavy atom. The van der Waals surface area contributed by atoms with Gasteiger partial charge in [-0.1, -0.05) is 77.6 Å². The number of rotatable bonds is 15. The fraction of sp³-hybridized carbons (Fsp3) is 0.944. The molecule has 22 heavy (non-hydrogen) atoms. The Kier molecular flexibility index (Phi) is 14.9. The van der Waals surface area contributed by atoms with E-state index in [1.54, 1.807) is 0 Å². The van der Waals surface area contributed by atoms with E-state index in [4.69, 9.17) is 5.11 Å². The van der Waals surface area contributed by atoms with Crippen LogP contribution < -0.4 is 5.32 Å². The predicted molar refractivity (Wildman–Crippen MR) is 91.8 cm³/mol. The zero-order chi connectivity index (χ0) is 16.6. The Morgan fingerprint density at radius 1 is 0.909 bits per heavy atom. The maximum Gasteiger partial charge on any atom is 0.217 e. The van der Waals surface area contributed by atoms with Crippen molar-refractivity contribution in [2.24, 2.45) is 0 Å². The smallest absolute Gasteiger partial charge is 0.217 e. The Balaban J connectivity index is 3.39. The number of aliphatic hydroxyl groups is 2. The van der Waals surface area contributed by atoms with Crippen LogP contribution in [-0.2, 0) is 4.79 Å². The van der Waals surface area contributed by atoms with Gasteiger partial charge in [0.15, 0.2) is 0 Å². The molecule has 0 aromatic carbocycles. The topological polar surface area (TPSA) is 69.6 Å². The van der Waals surface area contributed by atoms with Crippen molar-refractivity contribution in [1.29, 1.82) is 0 Å². The molecule has 132 valence electrons. The maximum absolute atomic E-state index is 10.9. The van der Waals surface area contributed by atoms with Crippen molar-refractivity contribution in [1.82, 2.24) is 5.32 Å². The Morgan fingerprint density at radius 2 is 1.36 bits per heavy atom. The van der Waals surface area contributed by atoms with Crippen LogP contribution in [-0.4, -0.2) is 34.9 Å². The normalized spacial score (nSPS) is 13.8. The summed E-state index contributed by atoms with van der Waals surface area (Å²) in [5.74, 6) is -0.211. The minimum atomic E-state index is -0.646. The molecule has 2 unspecified atom stereocenters. The summed E-state index contributed by atoms with van der Waals surface area (Å²) in [6.45, 7) is 3.44. The molecule has 4 nitrogen and oxygen atoms in total. The van der Waals surface area contributed by atoms with Crippen LogP contribution in [0.3, 0.4) is 0 Å². The predicted octanol–water partition coefficient (Wildman–Crippen LogP) is 3.55. The molecule has 0 aliphatic rings. The molecule has 2 atom stereocenters. The summed E-state index contributed by atoms with van der Waals surface area (Å²) in [7, 11) is 0. The number of hydrogen-bond acceptors (Lipinski definition) is 3. The molecule has 1 amide bonds. The second-order valence-electron chi connectivity index (χ2n) is 6.38. The molecule has 0 saturated carbocycles. The molecule has 4 heteroatoms. The molecule has 0 spiro atoms.